The molecule has 1 saturated carbocycles. The van der Waals surface area contributed by atoms with Crippen molar-refractivity contribution in [1.29, 1.82) is 0 Å². The number of halogens is 4. The minimum absolute atomic E-state index is 0.0788. The van der Waals surface area contributed by atoms with Crippen LogP contribution in [-0.4, -0.2) is 26.7 Å². The smallest absolute Gasteiger partial charge is 0.389 e. The molecule has 1 aromatic heterocycles. The Hall–Kier alpha value is -2.15. The van der Waals surface area contributed by atoms with Gasteiger partial charge in [0.15, 0.2) is 0 Å². The number of aromatic nitrogens is 2. The molecule has 1 N–H and O–H groups in total. The second-order valence-corrected chi connectivity index (χ2v) is 8.48. The van der Waals surface area contributed by atoms with Gasteiger partial charge in [-0.25, -0.2) is 9.07 Å². The second-order valence-electron chi connectivity index (χ2n) is 8.48. The minimum Gasteiger partial charge on any atom is -0.389 e. The molecule has 2 aliphatic carbocycles. The largest absolute Gasteiger partial charge is 0.389 e. The van der Waals surface area contributed by atoms with Crippen LogP contribution in [0.4, 0.5) is 17.6 Å². The van der Waals surface area contributed by atoms with Crippen molar-refractivity contribution in [2.45, 2.75) is 63.6 Å². The van der Waals surface area contributed by atoms with Crippen molar-refractivity contribution in [1.82, 2.24) is 9.78 Å². The van der Waals surface area contributed by atoms with Crippen molar-refractivity contribution < 1.29 is 22.7 Å². The van der Waals surface area contributed by atoms with E-state index in [1.54, 1.807) is 23.0 Å². The zero-order chi connectivity index (χ0) is 20.9. The Labute approximate surface area is 167 Å². The van der Waals surface area contributed by atoms with E-state index in [9.17, 15) is 22.7 Å². The number of benzene rings is 1. The molecule has 2 aliphatic rings. The second kappa shape index (κ2) is 6.97. The number of hydrogen-bond donors (Lipinski definition) is 1. The van der Waals surface area contributed by atoms with Crippen LogP contribution in [0.5, 0.6) is 0 Å². The third-order valence-corrected chi connectivity index (χ3v) is 6.64. The van der Waals surface area contributed by atoms with Crippen molar-refractivity contribution >= 4 is 6.08 Å². The van der Waals surface area contributed by atoms with Gasteiger partial charge in [-0.1, -0.05) is 12.5 Å². The molecule has 2 atom stereocenters. The number of fused-ring (bicyclic) bond motifs is 2. The lowest BCUT2D eigenvalue weighted by molar-refractivity contribution is -0.143. The molecule has 0 unspecified atom stereocenters. The summed E-state index contributed by atoms with van der Waals surface area (Å²) in [5, 5.41) is 15.9. The first kappa shape index (κ1) is 20.1. The topological polar surface area (TPSA) is 38.0 Å². The average molecular weight is 408 g/mol. The number of hydrogen-bond acceptors (Lipinski definition) is 2. The molecule has 156 valence electrons. The lowest BCUT2D eigenvalue weighted by Crippen LogP contribution is -2.52. The highest BCUT2D eigenvalue weighted by atomic mass is 19.4. The maximum atomic E-state index is 13.3. The summed E-state index contributed by atoms with van der Waals surface area (Å²) in [6, 6.07) is 6.07. The number of aliphatic hydroxyl groups is 1. The van der Waals surface area contributed by atoms with E-state index >= 15 is 0 Å². The Balaban J connectivity index is 1.65. The maximum Gasteiger partial charge on any atom is 0.389 e. The first-order valence-corrected chi connectivity index (χ1v) is 9.94. The lowest BCUT2D eigenvalue weighted by Gasteiger charge is -2.52. The van der Waals surface area contributed by atoms with Crippen LogP contribution in [0.25, 0.3) is 11.8 Å². The summed E-state index contributed by atoms with van der Waals surface area (Å²) < 4.78 is 52.9. The Morgan fingerprint density at radius 3 is 2.62 bits per heavy atom. The van der Waals surface area contributed by atoms with E-state index in [2.05, 4.69) is 5.10 Å². The third kappa shape index (κ3) is 3.61. The highest BCUT2D eigenvalue weighted by Crippen LogP contribution is 2.55. The van der Waals surface area contributed by atoms with Gasteiger partial charge in [0.05, 0.1) is 23.2 Å². The van der Waals surface area contributed by atoms with E-state index in [0.29, 0.717) is 12.8 Å². The van der Waals surface area contributed by atoms with E-state index < -0.39 is 23.6 Å². The van der Waals surface area contributed by atoms with Crippen LogP contribution in [-0.2, 0) is 6.42 Å². The van der Waals surface area contributed by atoms with Crippen LogP contribution >= 0.6 is 0 Å². The third-order valence-electron chi connectivity index (χ3n) is 6.64. The summed E-state index contributed by atoms with van der Waals surface area (Å²) in [5.74, 6) is -0.322. The number of rotatable bonds is 4. The van der Waals surface area contributed by atoms with Crippen molar-refractivity contribution in [3.8, 4) is 5.69 Å². The fourth-order valence-electron chi connectivity index (χ4n) is 4.93. The van der Waals surface area contributed by atoms with E-state index in [1.165, 1.54) is 12.1 Å². The molecule has 3 nitrogen and oxygen atoms in total. The highest BCUT2D eigenvalue weighted by molar-refractivity contribution is 5.62. The zero-order valence-corrected chi connectivity index (χ0v) is 16.3. The molecular formula is C22H24F4N2O. The van der Waals surface area contributed by atoms with Crippen LogP contribution in [0.1, 0.15) is 56.7 Å². The Morgan fingerprint density at radius 1 is 1.21 bits per heavy atom. The molecule has 1 fully saturated rings. The normalized spacial score (nSPS) is 26.6. The molecule has 0 aliphatic heterocycles. The first-order valence-electron chi connectivity index (χ1n) is 9.94. The summed E-state index contributed by atoms with van der Waals surface area (Å²) in [4.78, 5) is 0. The van der Waals surface area contributed by atoms with Crippen LogP contribution in [0.15, 0.2) is 36.0 Å². The molecule has 2 aromatic rings. The summed E-state index contributed by atoms with van der Waals surface area (Å²) >= 11 is 0. The summed E-state index contributed by atoms with van der Waals surface area (Å²) in [7, 11) is 0. The van der Waals surface area contributed by atoms with Crippen LogP contribution in [0, 0.1) is 11.2 Å². The van der Waals surface area contributed by atoms with Crippen molar-refractivity contribution in [2.24, 2.45) is 5.41 Å². The van der Waals surface area contributed by atoms with Gasteiger partial charge in [-0.15, -0.1) is 0 Å². The van der Waals surface area contributed by atoms with E-state index in [1.807, 2.05) is 13.0 Å². The quantitative estimate of drug-likeness (QED) is 0.669. The van der Waals surface area contributed by atoms with Crippen molar-refractivity contribution in [3.05, 3.63) is 53.1 Å². The Bertz CT molecular complexity index is 931. The number of alkyl halides is 3. The van der Waals surface area contributed by atoms with E-state index in [-0.39, 0.29) is 18.7 Å². The molecule has 4 rings (SSSR count). The predicted molar refractivity (Wildman–Crippen MR) is 102 cm³/mol. The molecule has 0 saturated heterocycles. The lowest BCUT2D eigenvalue weighted by atomic mass is 9.56. The van der Waals surface area contributed by atoms with Gasteiger partial charge in [0, 0.05) is 11.8 Å². The van der Waals surface area contributed by atoms with Gasteiger partial charge in [-0.05, 0) is 74.4 Å². The predicted octanol–water partition coefficient (Wildman–Crippen LogP) is 5.60. The monoisotopic (exact) mass is 408 g/mol. The zero-order valence-electron chi connectivity index (χ0n) is 16.3. The molecule has 0 spiro atoms. The van der Waals surface area contributed by atoms with Crippen LogP contribution < -0.4 is 0 Å². The fourth-order valence-corrected chi connectivity index (χ4v) is 4.93. The van der Waals surface area contributed by atoms with Gasteiger partial charge >= 0.3 is 6.18 Å². The standard InChI is InChI=1S/C22H24F4N2O/c1-20-13-15-14-27-28(18-7-5-17(23)6-8-18)19(15)12-16(20)4-2-9-21(20,29)10-3-11-22(24,25)26/h5-8,12,14,29H,2-4,9-11,13H2,1H3/t20-,21+/m0/s1. The maximum absolute atomic E-state index is 13.3. The van der Waals surface area contributed by atoms with Gasteiger partial charge in [0.1, 0.15) is 5.82 Å². The van der Waals surface area contributed by atoms with Crippen LogP contribution in [0.2, 0.25) is 0 Å². The van der Waals surface area contributed by atoms with Gasteiger partial charge < -0.3 is 5.11 Å². The molecule has 29 heavy (non-hydrogen) atoms. The van der Waals surface area contributed by atoms with Gasteiger partial charge in [0.2, 0.25) is 0 Å². The molecule has 1 heterocycles. The Kier molecular flexibility index (Phi) is 4.84. The summed E-state index contributed by atoms with van der Waals surface area (Å²) in [5.41, 5.74) is 1.85. The Morgan fingerprint density at radius 2 is 1.93 bits per heavy atom. The van der Waals surface area contributed by atoms with Crippen molar-refractivity contribution in [2.75, 3.05) is 0 Å². The number of nitrogens with zero attached hydrogens (tertiary/aromatic N) is 2. The average Bonchev–Trinajstić information content (AvgIpc) is 3.03. The van der Waals surface area contributed by atoms with E-state index in [0.717, 1.165) is 35.4 Å². The molecular weight excluding hydrogens is 384 g/mol. The van der Waals surface area contributed by atoms with Crippen LogP contribution in [0.3, 0.4) is 0 Å². The summed E-state index contributed by atoms with van der Waals surface area (Å²) in [6.07, 6.45) is 1.28. The van der Waals surface area contributed by atoms with Gasteiger partial charge in [-0.2, -0.15) is 18.3 Å². The van der Waals surface area contributed by atoms with Crippen molar-refractivity contribution in [3.63, 3.8) is 0 Å². The molecule has 0 amide bonds. The minimum atomic E-state index is -4.21. The van der Waals surface area contributed by atoms with Gasteiger partial charge in [-0.3, -0.25) is 0 Å². The highest BCUT2D eigenvalue weighted by Gasteiger charge is 2.52. The van der Waals surface area contributed by atoms with Gasteiger partial charge in [0.25, 0.3) is 0 Å². The van der Waals surface area contributed by atoms with E-state index in [4.69, 9.17) is 0 Å². The molecule has 0 bridgehead atoms. The SMILES string of the molecule is C[C@]12Cc3cnn(-c4ccc(F)cc4)c3C=C1CCC[C@@]2(O)CCCC(F)(F)F. The molecule has 7 heteroatoms. The fraction of sp³-hybridized carbons (Fsp3) is 0.500. The summed E-state index contributed by atoms with van der Waals surface area (Å²) in [6.45, 7) is 1.96. The first-order chi connectivity index (χ1) is 13.6. The molecule has 1 aromatic carbocycles. The molecule has 0 radical (unpaired) electrons.